The maximum absolute atomic E-state index is 12.7. The first kappa shape index (κ1) is 16.5. The third kappa shape index (κ3) is 3.59. The molecule has 1 aliphatic rings. The van der Waals surface area contributed by atoms with Crippen LogP contribution in [0.3, 0.4) is 0 Å². The average Bonchev–Trinajstić information content (AvgIpc) is 3.25. The van der Waals surface area contributed by atoms with Gasteiger partial charge in [-0.15, -0.1) is 0 Å². The number of carboxylic acid groups (broad SMARTS) is 1. The van der Waals surface area contributed by atoms with Crippen LogP contribution in [-0.2, 0) is 11.3 Å². The van der Waals surface area contributed by atoms with Gasteiger partial charge in [0.2, 0.25) is 5.91 Å². The van der Waals surface area contributed by atoms with E-state index in [0.717, 1.165) is 18.4 Å². The molecule has 1 saturated carbocycles. The first-order valence-corrected chi connectivity index (χ1v) is 8.16. The second-order valence-corrected chi connectivity index (χ2v) is 6.43. The molecule has 0 spiro atoms. The molecule has 0 bridgehead atoms. The molecule has 1 fully saturated rings. The van der Waals surface area contributed by atoms with Gasteiger partial charge < -0.3 is 10.0 Å². The van der Waals surface area contributed by atoms with E-state index < -0.39 is 5.97 Å². The van der Waals surface area contributed by atoms with Crippen LogP contribution in [0.25, 0.3) is 0 Å². The zero-order chi connectivity index (χ0) is 17.3. The number of hydrogen-bond donors (Lipinski definition) is 1. The second-order valence-electron chi connectivity index (χ2n) is 5.99. The largest absolute Gasteiger partial charge is 0.478 e. The molecule has 1 N–H and O–H groups in total. The number of benzene rings is 1. The van der Waals surface area contributed by atoms with Crippen molar-refractivity contribution in [3.63, 3.8) is 0 Å². The van der Waals surface area contributed by atoms with Gasteiger partial charge >= 0.3 is 5.97 Å². The standard InChI is InChI=1S/C17H18ClN3O3/c1-11(12-2-4-14(18)5-3-12)21(15-6-7-15)16(22)10-20-9-13(8-19-20)17(23)24/h2-5,8-9,11,15H,6-7,10H2,1H3,(H,23,24)/t11-/m0/s1. The molecule has 7 heteroatoms. The van der Waals surface area contributed by atoms with Crippen LogP contribution in [0, 0.1) is 0 Å². The van der Waals surface area contributed by atoms with E-state index in [0.29, 0.717) is 5.02 Å². The molecule has 1 atom stereocenters. The topological polar surface area (TPSA) is 75.4 Å². The fourth-order valence-electron chi connectivity index (χ4n) is 2.77. The van der Waals surface area contributed by atoms with Gasteiger partial charge in [-0.3, -0.25) is 9.48 Å². The summed E-state index contributed by atoms with van der Waals surface area (Å²) in [5, 5.41) is 13.6. The average molecular weight is 348 g/mol. The Bertz CT molecular complexity index is 753. The Hall–Kier alpha value is -2.34. The zero-order valence-electron chi connectivity index (χ0n) is 13.2. The Balaban J connectivity index is 1.75. The Morgan fingerprint density at radius 1 is 1.38 bits per heavy atom. The van der Waals surface area contributed by atoms with E-state index in [9.17, 15) is 9.59 Å². The Morgan fingerprint density at radius 2 is 2.04 bits per heavy atom. The Labute approximate surface area is 144 Å². The van der Waals surface area contributed by atoms with Crippen molar-refractivity contribution in [1.29, 1.82) is 0 Å². The van der Waals surface area contributed by atoms with Gasteiger partial charge in [-0.05, 0) is 37.5 Å². The number of halogens is 1. The molecule has 2 aromatic rings. The highest BCUT2D eigenvalue weighted by Crippen LogP contribution is 2.34. The van der Waals surface area contributed by atoms with E-state index in [2.05, 4.69) is 5.10 Å². The third-order valence-electron chi connectivity index (χ3n) is 4.18. The lowest BCUT2D eigenvalue weighted by molar-refractivity contribution is -0.134. The van der Waals surface area contributed by atoms with E-state index in [1.54, 1.807) is 0 Å². The molecule has 24 heavy (non-hydrogen) atoms. The highest BCUT2D eigenvalue weighted by atomic mass is 35.5. The molecule has 3 rings (SSSR count). The van der Waals surface area contributed by atoms with Crippen LogP contribution in [0.15, 0.2) is 36.7 Å². The van der Waals surface area contributed by atoms with Crippen molar-refractivity contribution in [3.05, 3.63) is 52.8 Å². The predicted octanol–water partition coefficient (Wildman–Crippen LogP) is 2.99. The van der Waals surface area contributed by atoms with E-state index in [-0.39, 0.29) is 30.1 Å². The smallest absolute Gasteiger partial charge is 0.338 e. The van der Waals surface area contributed by atoms with Gasteiger partial charge in [-0.2, -0.15) is 5.10 Å². The quantitative estimate of drug-likeness (QED) is 0.871. The summed E-state index contributed by atoms with van der Waals surface area (Å²) in [6.45, 7) is 2.02. The fraction of sp³-hybridized carbons (Fsp3) is 0.353. The molecule has 1 aliphatic carbocycles. The lowest BCUT2D eigenvalue weighted by Crippen LogP contribution is -2.38. The summed E-state index contributed by atoms with van der Waals surface area (Å²) in [5.41, 5.74) is 1.10. The number of carbonyl (C=O) groups is 2. The summed E-state index contributed by atoms with van der Waals surface area (Å²) in [7, 11) is 0. The molecule has 0 radical (unpaired) electrons. The normalized spacial score (nSPS) is 15.1. The first-order valence-electron chi connectivity index (χ1n) is 7.78. The third-order valence-corrected chi connectivity index (χ3v) is 4.43. The monoisotopic (exact) mass is 347 g/mol. The molecule has 0 unspecified atom stereocenters. The van der Waals surface area contributed by atoms with Gasteiger partial charge in [-0.1, -0.05) is 23.7 Å². The fourth-order valence-corrected chi connectivity index (χ4v) is 2.90. The molecule has 6 nitrogen and oxygen atoms in total. The maximum atomic E-state index is 12.7. The van der Waals surface area contributed by atoms with Crippen molar-refractivity contribution in [1.82, 2.24) is 14.7 Å². The van der Waals surface area contributed by atoms with Crippen molar-refractivity contribution < 1.29 is 14.7 Å². The molecule has 0 saturated heterocycles. The number of aromatic carboxylic acids is 1. The molecular formula is C17H18ClN3O3. The highest BCUT2D eigenvalue weighted by molar-refractivity contribution is 6.30. The molecule has 126 valence electrons. The maximum Gasteiger partial charge on any atom is 0.338 e. The summed E-state index contributed by atoms with van der Waals surface area (Å²) in [4.78, 5) is 25.5. The molecular weight excluding hydrogens is 330 g/mol. The molecule has 1 aromatic carbocycles. The minimum atomic E-state index is -1.05. The van der Waals surface area contributed by atoms with Crippen molar-refractivity contribution in [2.24, 2.45) is 0 Å². The van der Waals surface area contributed by atoms with E-state index >= 15 is 0 Å². The summed E-state index contributed by atoms with van der Waals surface area (Å²) in [5.74, 6) is -1.12. The van der Waals surface area contributed by atoms with Gasteiger partial charge in [-0.25, -0.2) is 4.79 Å². The van der Waals surface area contributed by atoms with Gasteiger partial charge in [0.15, 0.2) is 0 Å². The Kier molecular flexibility index (Phi) is 4.57. The van der Waals surface area contributed by atoms with Crippen LogP contribution in [0.4, 0.5) is 0 Å². The summed E-state index contributed by atoms with van der Waals surface area (Å²) in [6.07, 6.45) is 4.60. The van der Waals surface area contributed by atoms with Crippen LogP contribution in [-0.4, -0.2) is 37.7 Å². The molecule has 1 heterocycles. The van der Waals surface area contributed by atoms with Crippen LogP contribution < -0.4 is 0 Å². The van der Waals surface area contributed by atoms with E-state index in [4.69, 9.17) is 16.7 Å². The van der Waals surface area contributed by atoms with Crippen molar-refractivity contribution in [3.8, 4) is 0 Å². The number of carboxylic acids is 1. The lowest BCUT2D eigenvalue weighted by Gasteiger charge is -2.30. The van der Waals surface area contributed by atoms with Crippen molar-refractivity contribution in [2.75, 3.05) is 0 Å². The summed E-state index contributed by atoms with van der Waals surface area (Å²) < 4.78 is 1.37. The minimum absolute atomic E-state index is 0.0295. The van der Waals surface area contributed by atoms with Crippen molar-refractivity contribution in [2.45, 2.75) is 38.4 Å². The number of aromatic nitrogens is 2. The van der Waals surface area contributed by atoms with Gasteiger partial charge in [0.05, 0.1) is 17.8 Å². The number of rotatable bonds is 6. The Morgan fingerprint density at radius 3 is 2.58 bits per heavy atom. The zero-order valence-corrected chi connectivity index (χ0v) is 14.0. The molecule has 0 aliphatic heterocycles. The van der Waals surface area contributed by atoms with Crippen molar-refractivity contribution >= 4 is 23.5 Å². The summed E-state index contributed by atoms with van der Waals surface area (Å²) in [6, 6.07) is 7.64. The number of carbonyl (C=O) groups excluding carboxylic acids is 1. The predicted molar refractivity (Wildman–Crippen MR) is 88.9 cm³/mol. The summed E-state index contributed by atoms with van der Waals surface area (Å²) >= 11 is 5.93. The number of nitrogens with zero attached hydrogens (tertiary/aromatic N) is 3. The number of hydrogen-bond acceptors (Lipinski definition) is 3. The van der Waals surface area contributed by atoms with Crippen LogP contribution in [0.2, 0.25) is 5.02 Å². The SMILES string of the molecule is C[C@@H](c1ccc(Cl)cc1)N(C(=O)Cn1cc(C(=O)O)cn1)C1CC1. The van der Waals surface area contributed by atoms with E-state index in [1.165, 1.54) is 17.1 Å². The highest BCUT2D eigenvalue weighted by Gasteiger charge is 2.36. The molecule has 1 aromatic heterocycles. The first-order chi connectivity index (χ1) is 11.5. The molecule has 1 amide bonds. The number of amides is 1. The second kappa shape index (κ2) is 6.65. The van der Waals surface area contributed by atoms with Gasteiger partial charge in [0.25, 0.3) is 0 Å². The van der Waals surface area contributed by atoms with Gasteiger partial charge in [0, 0.05) is 17.3 Å². The van der Waals surface area contributed by atoms with Crippen LogP contribution in [0.1, 0.15) is 41.7 Å². The minimum Gasteiger partial charge on any atom is -0.478 e. The van der Waals surface area contributed by atoms with E-state index in [1.807, 2.05) is 36.1 Å². The lowest BCUT2D eigenvalue weighted by atomic mass is 10.1. The van der Waals surface area contributed by atoms with Crippen LogP contribution >= 0.6 is 11.6 Å². The van der Waals surface area contributed by atoms with Crippen LogP contribution in [0.5, 0.6) is 0 Å². The van der Waals surface area contributed by atoms with Gasteiger partial charge in [0.1, 0.15) is 6.54 Å².